The van der Waals surface area contributed by atoms with Crippen LogP contribution in [0.2, 0.25) is 0 Å². The van der Waals surface area contributed by atoms with E-state index >= 15 is 4.39 Å². The Morgan fingerprint density at radius 3 is 2.56 bits per heavy atom. The molecule has 5 rings (SSSR count). The van der Waals surface area contributed by atoms with Crippen LogP contribution in [0.4, 0.5) is 29.1 Å². The number of fused-ring (bicyclic) bond motifs is 1. The standard InChI is InChI=1S/C25H21F4N7/c1-13(30)36-21-4-2-3-18(27)23(21)24(34-25(36)31)35(12-22(28)29)17-8-15(7-16(26)9-17)20-11-32-19(10-33-20)14-5-6-14/h2-4,7-11,14,22,30-31H,5-6,12H2,1H3. The zero-order valence-electron chi connectivity index (χ0n) is 19.1. The first-order chi connectivity index (χ1) is 17.2. The summed E-state index contributed by atoms with van der Waals surface area (Å²) in [6.07, 6.45) is 2.34. The Kier molecular flexibility index (Phi) is 5.99. The molecule has 7 nitrogen and oxygen atoms in total. The van der Waals surface area contributed by atoms with Gasteiger partial charge in [-0.05, 0) is 50.1 Å². The minimum Gasteiger partial charge on any atom is -0.320 e. The molecule has 0 aliphatic heterocycles. The number of rotatable bonds is 6. The van der Waals surface area contributed by atoms with Gasteiger partial charge in [0.2, 0.25) is 5.62 Å². The summed E-state index contributed by atoms with van der Waals surface area (Å²) in [6.45, 7) is 0.466. The largest absolute Gasteiger partial charge is 0.320 e. The Bertz CT molecular complexity index is 1530. The molecule has 1 aliphatic carbocycles. The van der Waals surface area contributed by atoms with Crippen LogP contribution >= 0.6 is 0 Å². The van der Waals surface area contributed by atoms with E-state index in [9.17, 15) is 13.2 Å². The van der Waals surface area contributed by atoms with Gasteiger partial charge in [-0.25, -0.2) is 17.6 Å². The third-order valence-electron chi connectivity index (χ3n) is 5.95. The van der Waals surface area contributed by atoms with Gasteiger partial charge in [-0.3, -0.25) is 25.4 Å². The average molecular weight is 495 g/mol. The first kappa shape index (κ1) is 23.6. The number of nitrogens with one attached hydrogen (secondary N) is 2. The summed E-state index contributed by atoms with van der Waals surface area (Å²) in [4.78, 5) is 13.8. The molecule has 0 saturated heterocycles. The second-order valence-electron chi connectivity index (χ2n) is 8.61. The van der Waals surface area contributed by atoms with E-state index in [0.717, 1.165) is 40.1 Å². The Balaban J connectivity index is 1.69. The van der Waals surface area contributed by atoms with E-state index in [0.29, 0.717) is 17.2 Å². The summed E-state index contributed by atoms with van der Waals surface area (Å²) in [5.41, 5.74) is 1.15. The van der Waals surface area contributed by atoms with Crippen molar-refractivity contribution < 1.29 is 17.6 Å². The zero-order chi connectivity index (χ0) is 25.6. The van der Waals surface area contributed by atoms with Crippen LogP contribution < -0.4 is 10.5 Å². The summed E-state index contributed by atoms with van der Waals surface area (Å²) < 4.78 is 58.4. The number of hydrogen-bond acceptors (Lipinski definition) is 6. The highest BCUT2D eigenvalue weighted by Crippen LogP contribution is 2.39. The lowest BCUT2D eigenvalue weighted by Gasteiger charge is -2.26. The number of anilines is 2. The lowest BCUT2D eigenvalue weighted by molar-refractivity contribution is 0.157. The highest BCUT2D eigenvalue weighted by Gasteiger charge is 2.26. The zero-order valence-corrected chi connectivity index (χ0v) is 19.1. The molecule has 1 fully saturated rings. The summed E-state index contributed by atoms with van der Waals surface area (Å²) in [5, 5.41) is 16.1. The fraction of sp³-hybridized carbons (Fsp3) is 0.240. The Labute approximate surface area is 203 Å². The van der Waals surface area contributed by atoms with Crippen molar-refractivity contribution in [3.63, 3.8) is 0 Å². The van der Waals surface area contributed by atoms with Crippen molar-refractivity contribution in [3.8, 4) is 11.3 Å². The van der Waals surface area contributed by atoms with Crippen LogP contribution in [0.1, 0.15) is 31.4 Å². The molecule has 11 heteroatoms. The predicted octanol–water partition coefficient (Wildman–Crippen LogP) is 5.38. The van der Waals surface area contributed by atoms with E-state index < -0.39 is 30.2 Å². The molecule has 0 spiro atoms. The normalized spacial score (nSPS) is 13.4. The smallest absolute Gasteiger partial charge is 0.256 e. The van der Waals surface area contributed by atoms with Crippen molar-refractivity contribution in [2.45, 2.75) is 32.1 Å². The first-order valence-corrected chi connectivity index (χ1v) is 11.2. The summed E-state index contributed by atoms with van der Waals surface area (Å²) in [5.74, 6) is -1.49. The SMILES string of the molecule is CC(=N)n1c(=N)nc(N(CC(F)F)c2cc(F)cc(-c3cnc(C4CC4)cn3)c2)c2c(F)cccc21. The Morgan fingerprint density at radius 1 is 1.14 bits per heavy atom. The molecule has 2 aromatic heterocycles. The van der Waals surface area contributed by atoms with Crippen LogP contribution in [-0.2, 0) is 0 Å². The van der Waals surface area contributed by atoms with E-state index in [1.807, 2.05) is 0 Å². The average Bonchev–Trinajstić information content (AvgIpc) is 3.67. The summed E-state index contributed by atoms with van der Waals surface area (Å²) in [7, 11) is 0. The monoisotopic (exact) mass is 495 g/mol. The van der Waals surface area contributed by atoms with Gasteiger partial charge in [0.15, 0.2) is 0 Å². The maximum Gasteiger partial charge on any atom is 0.256 e. The number of aromatic nitrogens is 4. The van der Waals surface area contributed by atoms with Crippen LogP contribution in [0, 0.1) is 22.5 Å². The molecule has 36 heavy (non-hydrogen) atoms. The van der Waals surface area contributed by atoms with Crippen molar-refractivity contribution in [2.24, 2.45) is 0 Å². The quantitative estimate of drug-likeness (QED) is 0.213. The van der Waals surface area contributed by atoms with Crippen LogP contribution in [0.3, 0.4) is 0 Å². The van der Waals surface area contributed by atoms with E-state index in [-0.39, 0.29) is 28.2 Å². The molecular formula is C25H21F4N7. The van der Waals surface area contributed by atoms with E-state index in [4.69, 9.17) is 10.8 Å². The molecule has 0 radical (unpaired) electrons. The molecule has 184 valence electrons. The molecule has 0 unspecified atom stereocenters. The van der Waals surface area contributed by atoms with Crippen LogP contribution in [0.15, 0.2) is 48.8 Å². The minimum absolute atomic E-state index is 0.0147. The van der Waals surface area contributed by atoms with Crippen molar-refractivity contribution in [2.75, 3.05) is 11.4 Å². The first-order valence-electron chi connectivity index (χ1n) is 11.2. The molecule has 0 amide bonds. The number of hydrogen-bond donors (Lipinski definition) is 2. The van der Waals surface area contributed by atoms with Gasteiger partial charge >= 0.3 is 0 Å². The van der Waals surface area contributed by atoms with Gasteiger partial charge in [0, 0.05) is 23.4 Å². The van der Waals surface area contributed by atoms with Crippen LogP contribution in [0.5, 0.6) is 0 Å². The van der Waals surface area contributed by atoms with Gasteiger partial charge in [0.25, 0.3) is 6.43 Å². The topological polar surface area (TPSA) is 94.5 Å². The molecule has 0 atom stereocenters. The third-order valence-corrected chi connectivity index (χ3v) is 5.95. The predicted molar refractivity (Wildman–Crippen MR) is 127 cm³/mol. The van der Waals surface area contributed by atoms with Crippen molar-refractivity contribution >= 4 is 28.2 Å². The van der Waals surface area contributed by atoms with Crippen LogP contribution in [0.25, 0.3) is 22.2 Å². The Morgan fingerprint density at radius 2 is 1.92 bits per heavy atom. The molecule has 2 aromatic carbocycles. The van der Waals surface area contributed by atoms with Gasteiger partial charge in [0.05, 0.1) is 35.0 Å². The minimum atomic E-state index is -2.89. The summed E-state index contributed by atoms with van der Waals surface area (Å²) in [6, 6.07) is 7.70. The highest BCUT2D eigenvalue weighted by atomic mass is 19.3. The lowest BCUT2D eigenvalue weighted by atomic mass is 10.1. The highest BCUT2D eigenvalue weighted by molar-refractivity contribution is 5.98. The number of alkyl halides is 2. The Hall–Kier alpha value is -4.15. The summed E-state index contributed by atoms with van der Waals surface area (Å²) >= 11 is 0. The van der Waals surface area contributed by atoms with Gasteiger partial charge in [-0.2, -0.15) is 4.98 Å². The van der Waals surface area contributed by atoms with Gasteiger partial charge < -0.3 is 4.90 Å². The van der Waals surface area contributed by atoms with Crippen molar-refractivity contribution in [3.05, 3.63) is 71.7 Å². The van der Waals surface area contributed by atoms with E-state index in [1.54, 1.807) is 6.20 Å². The molecule has 0 bridgehead atoms. The fourth-order valence-corrected chi connectivity index (χ4v) is 4.18. The molecular weight excluding hydrogens is 474 g/mol. The second kappa shape index (κ2) is 9.14. The van der Waals surface area contributed by atoms with Crippen molar-refractivity contribution in [1.29, 1.82) is 10.8 Å². The molecule has 4 aromatic rings. The van der Waals surface area contributed by atoms with Crippen molar-refractivity contribution in [1.82, 2.24) is 19.5 Å². The molecule has 1 aliphatic rings. The lowest BCUT2D eigenvalue weighted by Crippen LogP contribution is -2.33. The number of nitrogens with zero attached hydrogens (tertiary/aromatic N) is 5. The van der Waals surface area contributed by atoms with E-state index in [2.05, 4.69) is 15.0 Å². The molecule has 2 heterocycles. The maximum atomic E-state index is 15.1. The van der Waals surface area contributed by atoms with Crippen LogP contribution in [-0.4, -0.2) is 38.3 Å². The molecule has 1 saturated carbocycles. The maximum absolute atomic E-state index is 15.1. The fourth-order valence-electron chi connectivity index (χ4n) is 4.18. The third kappa shape index (κ3) is 4.43. The van der Waals surface area contributed by atoms with Gasteiger partial charge in [0.1, 0.15) is 23.3 Å². The van der Waals surface area contributed by atoms with E-state index in [1.165, 1.54) is 37.4 Å². The number of benzene rings is 2. The number of halogens is 4. The van der Waals surface area contributed by atoms with Gasteiger partial charge in [-0.15, -0.1) is 0 Å². The second-order valence-corrected chi connectivity index (χ2v) is 8.61. The van der Waals surface area contributed by atoms with Gasteiger partial charge in [-0.1, -0.05) is 6.07 Å². The molecule has 2 N–H and O–H groups in total.